The summed E-state index contributed by atoms with van der Waals surface area (Å²) in [5.41, 5.74) is 1.73. The highest BCUT2D eigenvalue weighted by Crippen LogP contribution is 2.16. The SMILES string of the molecule is CCc1ccc(-c2nnn(CC(=O)Nc3cc(F)ccc3F)n2)cc1. The summed E-state index contributed by atoms with van der Waals surface area (Å²) in [5.74, 6) is -1.58. The number of nitrogens with one attached hydrogen (secondary N) is 1. The van der Waals surface area contributed by atoms with E-state index >= 15 is 0 Å². The average Bonchev–Trinajstić information content (AvgIpc) is 3.06. The van der Waals surface area contributed by atoms with Crippen LogP contribution in [0.15, 0.2) is 42.5 Å². The molecule has 3 rings (SSSR count). The number of carbonyl (C=O) groups excluding carboxylic acids is 1. The Hall–Kier alpha value is -3.16. The molecule has 0 aliphatic heterocycles. The third kappa shape index (κ3) is 4.03. The molecule has 1 aromatic heterocycles. The van der Waals surface area contributed by atoms with E-state index in [0.29, 0.717) is 5.82 Å². The van der Waals surface area contributed by atoms with Crippen molar-refractivity contribution in [1.82, 2.24) is 20.2 Å². The molecule has 0 saturated heterocycles. The van der Waals surface area contributed by atoms with Gasteiger partial charge in [0.05, 0.1) is 5.69 Å². The second-order valence-electron chi connectivity index (χ2n) is 5.37. The molecule has 0 fully saturated rings. The van der Waals surface area contributed by atoms with Crippen LogP contribution in [0.1, 0.15) is 12.5 Å². The Labute approximate surface area is 142 Å². The Morgan fingerprint density at radius 3 is 2.64 bits per heavy atom. The van der Waals surface area contributed by atoms with E-state index in [1.807, 2.05) is 24.3 Å². The van der Waals surface area contributed by atoms with E-state index in [1.165, 1.54) is 5.56 Å². The second kappa shape index (κ2) is 7.16. The van der Waals surface area contributed by atoms with Crippen molar-refractivity contribution in [3.05, 3.63) is 59.7 Å². The Bertz CT molecular complexity index is 892. The highest BCUT2D eigenvalue weighted by Gasteiger charge is 2.12. The van der Waals surface area contributed by atoms with Crippen molar-refractivity contribution >= 4 is 11.6 Å². The number of halogens is 2. The van der Waals surface area contributed by atoms with Gasteiger partial charge in [0.1, 0.15) is 18.2 Å². The van der Waals surface area contributed by atoms with Crippen molar-refractivity contribution in [3.8, 4) is 11.4 Å². The maximum absolute atomic E-state index is 13.5. The fourth-order valence-electron chi connectivity index (χ4n) is 2.23. The molecule has 0 spiro atoms. The summed E-state index contributed by atoms with van der Waals surface area (Å²) in [6.45, 7) is 1.79. The molecule has 25 heavy (non-hydrogen) atoms. The number of amides is 1. The van der Waals surface area contributed by atoms with Gasteiger partial charge in [-0.3, -0.25) is 4.79 Å². The molecule has 0 bridgehead atoms. The number of aryl methyl sites for hydroxylation is 1. The molecule has 0 saturated carbocycles. The van der Waals surface area contributed by atoms with Crippen molar-refractivity contribution in [1.29, 1.82) is 0 Å². The summed E-state index contributed by atoms with van der Waals surface area (Å²) in [5, 5.41) is 14.1. The van der Waals surface area contributed by atoms with Gasteiger partial charge in [0.15, 0.2) is 0 Å². The highest BCUT2D eigenvalue weighted by atomic mass is 19.1. The first-order valence-electron chi connectivity index (χ1n) is 7.67. The van der Waals surface area contributed by atoms with Crippen LogP contribution in [0.5, 0.6) is 0 Å². The molecule has 1 N–H and O–H groups in total. The van der Waals surface area contributed by atoms with Crippen LogP contribution in [-0.4, -0.2) is 26.1 Å². The van der Waals surface area contributed by atoms with E-state index in [2.05, 4.69) is 27.7 Å². The summed E-state index contributed by atoms with van der Waals surface area (Å²) in [6.07, 6.45) is 0.928. The Morgan fingerprint density at radius 1 is 1.16 bits per heavy atom. The lowest BCUT2D eigenvalue weighted by atomic mass is 10.1. The van der Waals surface area contributed by atoms with E-state index in [9.17, 15) is 13.6 Å². The third-order valence-corrected chi connectivity index (χ3v) is 3.56. The van der Waals surface area contributed by atoms with Crippen molar-refractivity contribution < 1.29 is 13.6 Å². The van der Waals surface area contributed by atoms with Gasteiger partial charge < -0.3 is 5.32 Å². The first kappa shape index (κ1) is 16.7. The molecule has 1 heterocycles. The molecule has 3 aromatic rings. The minimum atomic E-state index is -0.724. The maximum Gasteiger partial charge on any atom is 0.248 e. The largest absolute Gasteiger partial charge is 0.322 e. The number of hydrogen-bond donors (Lipinski definition) is 1. The van der Waals surface area contributed by atoms with Crippen LogP contribution in [0, 0.1) is 11.6 Å². The van der Waals surface area contributed by atoms with Gasteiger partial charge in [-0.25, -0.2) is 8.78 Å². The van der Waals surface area contributed by atoms with Crippen LogP contribution < -0.4 is 5.32 Å². The minimum absolute atomic E-state index is 0.236. The third-order valence-electron chi connectivity index (χ3n) is 3.56. The van der Waals surface area contributed by atoms with E-state index in [4.69, 9.17) is 0 Å². The van der Waals surface area contributed by atoms with Crippen LogP contribution in [-0.2, 0) is 17.8 Å². The Morgan fingerprint density at radius 2 is 1.92 bits per heavy atom. The Kier molecular flexibility index (Phi) is 4.78. The Balaban J connectivity index is 1.68. The fourth-order valence-corrected chi connectivity index (χ4v) is 2.23. The number of hydrogen-bond acceptors (Lipinski definition) is 4. The van der Waals surface area contributed by atoms with Crippen LogP contribution >= 0.6 is 0 Å². The summed E-state index contributed by atoms with van der Waals surface area (Å²) in [6, 6.07) is 10.5. The first-order chi connectivity index (χ1) is 12.0. The summed E-state index contributed by atoms with van der Waals surface area (Å²) < 4.78 is 26.6. The second-order valence-corrected chi connectivity index (χ2v) is 5.37. The molecule has 0 radical (unpaired) electrons. The zero-order valence-electron chi connectivity index (χ0n) is 13.4. The van der Waals surface area contributed by atoms with Gasteiger partial charge in [-0.1, -0.05) is 31.2 Å². The lowest BCUT2D eigenvalue weighted by molar-refractivity contribution is -0.117. The lowest BCUT2D eigenvalue weighted by Gasteiger charge is -2.05. The zero-order valence-corrected chi connectivity index (χ0v) is 13.4. The topological polar surface area (TPSA) is 72.7 Å². The predicted octanol–water partition coefficient (Wildman–Crippen LogP) is 2.82. The first-order valence-corrected chi connectivity index (χ1v) is 7.67. The average molecular weight is 343 g/mol. The normalized spacial score (nSPS) is 10.7. The van der Waals surface area contributed by atoms with E-state index < -0.39 is 17.5 Å². The molecule has 6 nitrogen and oxygen atoms in total. The molecular weight excluding hydrogens is 328 g/mol. The molecule has 0 aliphatic rings. The molecule has 8 heteroatoms. The molecule has 128 valence electrons. The molecule has 1 amide bonds. The van der Waals surface area contributed by atoms with Crippen LogP contribution in [0.3, 0.4) is 0 Å². The minimum Gasteiger partial charge on any atom is -0.322 e. The zero-order chi connectivity index (χ0) is 17.8. The molecule has 0 atom stereocenters. The summed E-state index contributed by atoms with van der Waals surface area (Å²) >= 11 is 0. The van der Waals surface area contributed by atoms with Crippen LogP contribution in [0.2, 0.25) is 0 Å². The molecular formula is C17H15F2N5O. The van der Waals surface area contributed by atoms with Gasteiger partial charge in [-0.05, 0) is 29.3 Å². The molecule has 0 aliphatic carbocycles. The molecule has 0 unspecified atom stereocenters. The van der Waals surface area contributed by atoms with Crippen molar-refractivity contribution in [3.63, 3.8) is 0 Å². The number of nitrogens with zero attached hydrogens (tertiary/aromatic N) is 4. The maximum atomic E-state index is 13.5. The van der Waals surface area contributed by atoms with Crippen molar-refractivity contribution in [2.75, 3.05) is 5.32 Å². The van der Waals surface area contributed by atoms with Gasteiger partial charge in [0.25, 0.3) is 0 Å². The van der Waals surface area contributed by atoms with Crippen LogP contribution in [0.4, 0.5) is 14.5 Å². The monoisotopic (exact) mass is 343 g/mol. The van der Waals surface area contributed by atoms with E-state index in [0.717, 1.165) is 35.0 Å². The van der Waals surface area contributed by atoms with Crippen LogP contribution in [0.25, 0.3) is 11.4 Å². The van der Waals surface area contributed by atoms with Gasteiger partial charge in [0, 0.05) is 11.6 Å². The van der Waals surface area contributed by atoms with Gasteiger partial charge in [-0.2, -0.15) is 4.80 Å². The van der Waals surface area contributed by atoms with E-state index in [-0.39, 0.29) is 12.2 Å². The van der Waals surface area contributed by atoms with Gasteiger partial charge >= 0.3 is 0 Å². The number of carbonyl (C=O) groups is 1. The standard InChI is InChI=1S/C17H15F2N5O/c1-2-11-3-5-12(6-4-11)17-21-23-24(22-17)10-16(25)20-15-9-13(18)7-8-14(15)19/h3-9H,2,10H2,1H3,(H,20,25). The number of anilines is 1. The van der Waals surface area contributed by atoms with Crippen molar-refractivity contribution in [2.45, 2.75) is 19.9 Å². The smallest absolute Gasteiger partial charge is 0.248 e. The van der Waals surface area contributed by atoms with Gasteiger partial charge in [0.2, 0.25) is 11.7 Å². The van der Waals surface area contributed by atoms with Gasteiger partial charge in [-0.15, -0.1) is 10.2 Å². The predicted molar refractivity (Wildman–Crippen MR) is 87.6 cm³/mol. The number of tetrazole rings is 1. The fraction of sp³-hybridized carbons (Fsp3) is 0.176. The number of benzene rings is 2. The lowest BCUT2D eigenvalue weighted by Crippen LogP contribution is -2.21. The summed E-state index contributed by atoms with van der Waals surface area (Å²) in [7, 11) is 0. The molecule has 2 aromatic carbocycles. The highest BCUT2D eigenvalue weighted by molar-refractivity contribution is 5.90. The summed E-state index contributed by atoms with van der Waals surface area (Å²) in [4.78, 5) is 13.0. The number of aromatic nitrogens is 4. The number of rotatable bonds is 5. The quantitative estimate of drug-likeness (QED) is 0.773. The van der Waals surface area contributed by atoms with E-state index in [1.54, 1.807) is 0 Å². The van der Waals surface area contributed by atoms with Crippen molar-refractivity contribution in [2.24, 2.45) is 0 Å².